The van der Waals surface area contributed by atoms with Gasteiger partial charge in [0.15, 0.2) is 11.6 Å². The maximum absolute atomic E-state index is 13.3. The zero-order valence-electron chi connectivity index (χ0n) is 8.81. The van der Waals surface area contributed by atoms with E-state index < -0.39 is 17.5 Å². The van der Waals surface area contributed by atoms with Crippen LogP contribution < -0.4 is 0 Å². The van der Waals surface area contributed by atoms with E-state index in [9.17, 15) is 14.3 Å². The molecule has 0 atom stereocenters. The second-order valence-electron chi connectivity index (χ2n) is 3.44. The smallest absolute Gasteiger partial charge is 0.353 e. The van der Waals surface area contributed by atoms with E-state index in [-0.39, 0.29) is 22.5 Å². The molecule has 0 amide bonds. The maximum Gasteiger partial charge on any atom is 0.353 e. The molecule has 0 spiro atoms. The van der Waals surface area contributed by atoms with Crippen molar-refractivity contribution in [2.45, 2.75) is 0 Å². The molecule has 0 saturated heterocycles. The van der Waals surface area contributed by atoms with Crippen molar-refractivity contribution >= 4 is 5.97 Å². The molecule has 0 saturated carbocycles. The van der Waals surface area contributed by atoms with Crippen LogP contribution in [0.4, 0.5) is 4.39 Å². The van der Waals surface area contributed by atoms with E-state index in [4.69, 9.17) is 10.4 Å². The molecule has 1 aromatic carbocycles. The van der Waals surface area contributed by atoms with Crippen molar-refractivity contribution in [1.82, 2.24) is 10.2 Å². The summed E-state index contributed by atoms with van der Waals surface area (Å²) in [4.78, 5) is 10.7. The largest absolute Gasteiger partial charge is 0.504 e. The number of halogens is 1. The van der Waals surface area contributed by atoms with Crippen LogP contribution in [0.1, 0.15) is 16.1 Å². The molecule has 1 heterocycles. The van der Waals surface area contributed by atoms with Gasteiger partial charge < -0.3 is 10.2 Å². The maximum atomic E-state index is 13.3. The highest BCUT2D eigenvalue weighted by Crippen LogP contribution is 2.27. The van der Waals surface area contributed by atoms with E-state index in [1.165, 1.54) is 12.1 Å². The molecule has 0 aliphatic rings. The summed E-state index contributed by atoms with van der Waals surface area (Å²) >= 11 is 0. The minimum Gasteiger partial charge on any atom is -0.504 e. The molecule has 90 valence electrons. The van der Waals surface area contributed by atoms with Gasteiger partial charge in [-0.05, 0) is 18.2 Å². The number of aromatic amines is 1. The molecule has 0 bridgehead atoms. The van der Waals surface area contributed by atoms with Crippen LogP contribution in [0.15, 0.2) is 18.2 Å². The number of nitrogens with zero attached hydrogens (tertiary/aromatic N) is 2. The number of carboxylic acids is 1. The van der Waals surface area contributed by atoms with Crippen molar-refractivity contribution in [3.05, 3.63) is 35.3 Å². The van der Waals surface area contributed by atoms with Crippen molar-refractivity contribution in [1.29, 1.82) is 5.26 Å². The van der Waals surface area contributed by atoms with Crippen LogP contribution in [0, 0.1) is 17.1 Å². The summed E-state index contributed by atoms with van der Waals surface area (Å²) in [6, 6.07) is 5.03. The monoisotopic (exact) mass is 247 g/mol. The number of H-pyrrole nitrogens is 1. The molecule has 0 radical (unpaired) electrons. The minimum absolute atomic E-state index is 0.156. The van der Waals surface area contributed by atoms with Gasteiger partial charge in [-0.15, -0.1) is 0 Å². The lowest BCUT2D eigenvalue weighted by atomic mass is 10.1. The molecular formula is C11H6FN3O3. The average molecular weight is 247 g/mol. The average Bonchev–Trinajstić information content (AvgIpc) is 2.82. The molecular weight excluding hydrogens is 241 g/mol. The third-order valence-electron chi connectivity index (χ3n) is 2.29. The number of benzene rings is 1. The fraction of sp³-hybridized carbons (Fsp3) is 0. The number of rotatable bonds is 2. The highest BCUT2D eigenvalue weighted by Gasteiger charge is 2.14. The van der Waals surface area contributed by atoms with Crippen LogP contribution in [0.2, 0.25) is 0 Å². The second kappa shape index (κ2) is 4.18. The summed E-state index contributed by atoms with van der Waals surface area (Å²) in [5.74, 6) is -2.91. The Morgan fingerprint density at radius 3 is 2.72 bits per heavy atom. The molecule has 0 unspecified atom stereocenters. The Kier molecular flexibility index (Phi) is 2.69. The van der Waals surface area contributed by atoms with Gasteiger partial charge in [0.25, 0.3) is 0 Å². The lowest BCUT2D eigenvalue weighted by Gasteiger charge is -2.01. The molecule has 18 heavy (non-hydrogen) atoms. The molecule has 0 fully saturated rings. The molecule has 1 aromatic heterocycles. The lowest BCUT2D eigenvalue weighted by Crippen LogP contribution is -1.95. The molecule has 0 aliphatic heterocycles. The highest BCUT2D eigenvalue weighted by atomic mass is 19.1. The third-order valence-corrected chi connectivity index (χ3v) is 2.29. The van der Waals surface area contributed by atoms with Crippen molar-refractivity contribution in [2.24, 2.45) is 0 Å². The Morgan fingerprint density at radius 1 is 1.44 bits per heavy atom. The predicted molar refractivity (Wildman–Crippen MR) is 57.3 cm³/mol. The molecule has 2 aromatic rings. The first-order valence-corrected chi connectivity index (χ1v) is 4.74. The number of nitriles is 1. The summed E-state index contributed by atoms with van der Waals surface area (Å²) in [5, 5.41) is 32.6. The summed E-state index contributed by atoms with van der Waals surface area (Å²) in [6.07, 6.45) is 0. The normalized spacial score (nSPS) is 10.0. The molecule has 3 N–H and O–H groups in total. The van der Waals surface area contributed by atoms with E-state index >= 15 is 0 Å². The minimum atomic E-state index is -1.20. The van der Waals surface area contributed by atoms with Gasteiger partial charge in [-0.3, -0.25) is 5.10 Å². The molecule has 0 aliphatic carbocycles. The van der Waals surface area contributed by atoms with Crippen molar-refractivity contribution in [3.8, 4) is 23.1 Å². The van der Waals surface area contributed by atoms with Gasteiger partial charge in [-0.2, -0.15) is 10.4 Å². The standard InChI is InChI=1S/C11H6FN3O3/c12-7-2-5(1-6(4-13)10(7)16)8-3-9(11(17)18)15-14-8/h1-3,16H,(H,14,15)(H,17,18). The first kappa shape index (κ1) is 11.6. The Morgan fingerprint density at radius 2 is 2.17 bits per heavy atom. The number of aromatic carboxylic acids is 1. The van der Waals surface area contributed by atoms with Crippen molar-refractivity contribution in [2.75, 3.05) is 0 Å². The summed E-state index contributed by atoms with van der Waals surface area (Å²) < 4.78 is 13.3. The van der Waals surface area contributed by atoms with Crippen LogP contribution >= 0.6 is 0 Å². The number of hydrogen-bond acceptors (Lipinski definition) is 4. The number of carboxylic acid groups (broad SMARTS) is 1. The van der Waals surface area contributed by atoms with Crippen LogP contribution in [0.5, 0.6) is 5.75 Å². The van der Waals surface area contributed by atoms with E-state index in [1.807, 2.05) is 0 Å². The van der Waals surface area contributed by atoms with Gasteiger partial charge in [0, 0.05) is 5.56 Å². The first-order chi connectivity index (χ1) is 8.52. The SMILES string of the molecule is N#Cc1cc(-c2cc(C(=O)O)[nH]n2)cc(F)c1O. The van der Waals surface area contributed by atoms with Gasteiger partial charge >= 0.3 is 5.97 Å². The number of aromatic nitrogens is 2. The second-order valence-corrected chi connectivity index (χ2v) is 3.44. The van der Waals surface area contributed by atoms with E-state index in [0.29, 0.717) is 0 Å². The Labute approximate surface area is 99.9 Å². The van der Waals surface area contributed by atoms with Gasteiger partial charge in [0.2, 0.25) is 0 Å². The number of hydrogen-bond donors (Lipinski definition) is 3. The number of phenolic OH excluding ortho intramolecular Hbond substituents is 1. The third kappa shape index (κ3) is 1.87. The summed E-state index contributed by atoms with van der Waals surface area (Å²) in [6.45, 7) is 0. The Bertz CT molecular complexity index is 673. The predicted octanol–water partition coefficient (Wildman–Crippen LogP) is 1.49. The van der Waals surface area contributed by atoms with Gasteiger partial charge in [0.05, 0.1) is 11.3 Å². The van der Waals surface area contributed by atoms with Crippen LogP contribution in [0.25, 0.3) is 11.3 Å². The Hall–Kier alpha value is -2.88. The van der Waals surface area contributed by atoms with Crippen molar-refractivity contribution < 1.29 is 19.4 Å². The van der Waals surface area contributed by atoms with E-state index in [1.54, 1.807) is 6.07 Å². The van der Waals surface area contributed by atoms with Gasteiger partial charge in [-0.25, -0.2) is 9.18 Å². The van der Waals surface area contributed by atoms with Gasteiger partial charge in [0.1, 0.15) is 11.8 Å². The summed E-state index contributed by atoms with van der Waals surface area (Å²) in [7, 11) is 0. The van der Waals surface area contributed by atoms with E-state index in [0.717, 1.165) is 6.07 Å². The van der Waals surface area contributed by atoms with Crippen LogP contribution in [-0.4, -0.2) is 26.4 Å². The van der Waals surface area contributed by atoms with Crippen LogP contribution in [-0.2, 0) is 0 Å². The zero-order chi connectivity index (χ0) is 13.3. The summed E-state index contributed by atoms with van der Waals surface area (Å²) in [5.41, 5.74) is -0.0322. The fourth-order valence-electron chi connectivity index (χ4n) is 1.41. The first-order valence-electron chi connectivity index (χ1n) is 4.74. The van der Waals surface area contributed by atoms with Crippen molar-refractivity contribution in [3.63, 3.8) is 0 Å². The fourth-order valence-corrected chi connectivity index (χ4v) is 1.41. The zero-order valence-corrected chi connectivity index (χ0v) is 8.81. The lowest BCUT2D eigenvalue weighted by molar-refractivity contribution is 0.0690. The van der Waals surface area contributed by atoms with Crippen LogP contribution in [0.3, 0.4) is 0 Å². The molecule has 7 heteroatoms. The highest BCUT2D eigenvalue weighted by molar-refractivity contribution is 5.86. The molecule has 2 rings (SSSR count). The van der Waals surface area contributed by atoms with E-state index in [2.05, 4.69) is 10.2 Å². The van der Waals surface area contributed by atoms with Gasteiger partial charge in [-0.1, -0.05) is 0 Å². The number of phenols is 1. The number of nitrogens with one attached hydrogen (secondary N) is 1. The molecule has 6 nitrogen and oxygen atoms in total. The topological polar surface area (TPSA) is 110 Å². The number of aromatic hydroxyl groups is 1. The quantitative estimate of drug-likeness (QED) is 0.744. The Balaban J connectivity index is 2.54. The number of carbonyl (C=O) groups is 1.